The normalized spacial score (nSPS) is 17.2. The summed E-state index contributed by atoms with van der Waals surface area (Å²) in [5.74, 6) is -0.0572. The van der Waals surface area contributed by atoms with E-state index in [0.717, 1.165) is 32.8 Å². The van der Waals surface area contributed by atoms with E-state index in [9.17, 15) is 4.79 Å². The lowest BCUT2D eigenvalue weighted by atomic mass is 10.4. The number of nitrogens with one attached hydrogen (secondary N) is 1. The first-order valence-electron chi connectivity index (χ1n) is 4.45. The molecule has 0 aromatic carbocycles. The van der Waals surface area contributed by atoms with Crippen molar-refractivity contribution in [3.8, 4) is 0 Å². The van der Waals surface area contributed by atoms with Crippen LogP contribution in [0.25, 0.3) is 0 Å². The van der Waals surface area contributed by atoms with Crippen LogP contribution in [0.1, 0.15) is 0 Å². The maximum Gasteiger partial charge on any atom is 0.234 e. The second-order valence-electron chi connectivity index (χ2n) is 2.94. The van der Waals surface area contributed by atoms with Gasteiger partial charge in [0, 0.05) is 26.2 Å². The van der Waals surface area contributed by atoms with Gasteiger partial charge in [0.05, 0.1) is 13.2 Å². The first kappa shape index (κ1) is 14.0. The lowest BCUT2D eigenvalue weighted by Gasteiger charge is -2.26. The van der Waals surface area contributed by atoms with Gasteiger partial charge >= 0.3 is 0 Å². The van der Waals surface area contributed by atoms with Crippen LogP contribution < -0.4 is 5.32 Å². The zero-order chi connectivity index (χ0) is 9.52. The summed E-state index contributed by atoms with van der Waals surface area (Å²) in [5.41, 5.74) is 0. The molecule has 0 atom stereocenters. The molecule has 0 aromatic rings. The Morgan fingerprint density at radius 1 is 1.43 bits per heavy atom. The Labute approximate surface area is 95.3 Å². The summed E-state index contributed by atoms with van der Waals surface area (Å²) in [5, 5.41) is 2.73. The van der Waals surface area contributed by atoms with Crippen molar-refractivity contribution in [2.24, 2.45) is 0 Å². The molecule has 0 aromatic heterocycles. The highest BCUT2D eigenvalue weighted by molar-refractivity contribution is 6.27. The summed E-state index contributed by atoms with van der Waals surface area (Å²) in [7, 11) is 0. The Bertz CT molecular complexity index is 163. The summed E-state index contributed by atoms with van der Waals surface area (Å²) in [6, 6.07) is 0. The second kappa shape index (κ2) is 8.29. The third-order valence-corrected chi connectivity index (χ3v) is 2.22. The maximum absolute atomic E-state index is 10.8. The lowest BCUT2D eigenvalue weighted by Crippen LogP contribution is -2.41. The summed E-state index contributed by atoms with van der Waals surface area (Å²) >= 11 is 5.33. The molecule has 0 unspecified atom stereocenters. The molecule has 0 bridgehead atoms. The van der Waals surface area contributed by atoms with Crippen LogP contribution in [0.4, 0.5) is 0 Å². The fourth-order valence-electron chi connectivity index (χ4n) is 1.23. The molecular formula is C8H16Cl2N2O2. The highest BCUT2D eigenvalue weighted by Crippen LogP contribution is 1.94. The smallest absolute Gasteiger partial charge is 0.234 e. The molecule has 14 heavy (non-hydrogen) atoms. The molecule has 1 rings (SSSR count). The van der Waals surface area contributed by atoms with E-state index >= 15 is 0 Å². The highest BCUT2D eigenvalue weighted by atomic mass is 35.5. The van der Waals surface area contributed by atoms with Gasteiger partial charge in [0.25, 0.3) is 0 Å². The number of alkyl halides is 1. The van der Waals surface area contributed by atoms with Crippen LogP contribution in [-0.2, 0) is 9.53 Å². The van der Waals surface area contributed by atoms with Crippen molar-refractivity contribution in [2.45, 2.75) is 0 Å². The Hall–Kier alpha value is -0.0300. The molecule has 0 aliphatic carbocycles. The predicted molar refractivity (Wildman–Crippen MR) is 58.2 cm³/mol. The number of hydrogen-bond donors (Lipinski definition) is 1. The molecule has 1 amide bonds. The zero-order valence-electron chi connectivity index (χ0n) is 8.00. The van der Waals surface area contributed by atoms with Gasteiger partial charge < -0.3 is 10.1 Å². The minimum absolute atomic E-state index is 0. The third-order valence-electron chi connectivity index (χ3n) is 1.98. The van der Waals surface area contributed by atoms with Crippen LogP contribution in [0.5, 0.6) is 0 Å². The first-order chi connectivity index (χ1) is 6.33. The average molecular weight is 243 g/mol. The Kier molecular flexibility index (Phi) is 8.27. The van der Waals surface area contributed by atoms with Crippen LogP contribution in [0.15, 0.2) is 0 Å². The number of rotatable bonds is 4. The van der Waals surface area contributed by atoms with Crippen LogP contribution in [0.3, 0.4) is 0 Å². The van der Waals surface area contributed by atoms with Crippen molar-refractivity contribution < 1.29 is 9.53 Å². The number of amides is 1. The van der Waals surface area contributed by atoms with Gasteiger partial charge in [0.15, 0.2) is 0 Å². The van der Waals surface area contributed by atoms with Crippen LogP contribution in [-0.4, -0.2) is 56.1 Å². The average Bonchev–Trinajstić information content (AvgIpc) is 2.19. The van der Waals surface area contributed by atoms with Crippen molar-refractivity contribution in [3.05, 3.63) is 0 Å². The molecular weight excluding hydrogens is 227 g/mol. The summed E-state index contributed by atoms with van der Waals surface area (Å²) in [4.78, 5) is 13.0. The summed E-state index contributed by atoms with van der Waals surface area (Å²) < 4.78 is 5.20. The van der Waals surface area contributed by atoms with Crippen LogP contribution in [0, 0.1) is 0 Å². The molecule has 1 heterocycles. The van der Waals surface area contributed by atoms with Gasteiger partial charge in [0.1, 0.15) is 5.88 Å². The number of ether oxygens (including phenoxy) is 1. The fourth-order valence-corrected chi connectivity index (χ4v) is 1.32. The van der Waals surface area contributed by atoms with E-state index in [-0.39, 0.29) is 24.2 Å². The van der Waals surface area contributed by atoms with E-state index in [4.69, 9.17) is 16.3 Å². The van der Waals surface area contributed by atoms with Gasteiger partial charge in [-0.15, -0.1) is 24.0 Å². The predicted octanol–water partition coefficient (Wildman–Crippen LogP) is 0.0954. The number of halogens is 2. The molecule has 4 nitrogen and oxygen atoms in total. The molecule has 1 aliphatic rings. The molecule has 0 radical (unpaired) electrons. The van der Waals surface area contributed by atoms with Gasteiger partial charge in [0.2, 0.25) is 5.91 Å². The van der Waals surface area contributed by atoms with Crippen LogP contribution >= 0.6 is 24.0 Å². The zero-order valence-corrected chi connectivity index (χ0v) is 9.57. The van der Waals surface area contributed by atoms with Crippen molar-refractivity contribution in [2.75, 3.05) is 45.3 Å². The number of carbonyl (C=O) groups is 1. The Morgan fingerprint density at radius 3 is 2.64 bits per heavy atom. The molecule has 0 spiro atoms. The SMILES string of the molecule is Cl.O=C(CCl)NCCN1CCOCC1. The fraction of sp³-hybridized carbons (Fsp3) is 0.875. The second-order valence-corrected chi connectivity index (χ2v) is 3.20. The maximum atomic E-state index is 10.8. The van der Waals surface area contributed by atoms with Crippen molar-refractivity contribution in [3.63, 3.8) is 0 Å². The monoisotopic (exact) mass is 242 g/mol. The minimum atomic E-state index is -0.102. The van der Waals surface area contributed by atoms with E-state index < -0.39 is 0 Å². The van der Waals surface area contributed by atoms with Crippen molar-refractivity contribution >= 4 is 29.9 Å². The molecule has 1 fully saturated rings. The topological polar surface area (TPSA) is 41.6 Å². The minimum Gasteiger partial charge on any atom is -0.379 e. The molecule has 6 heteroatoms. The standard InChI is InChI=1S/C8H15ClN2O2.ClH/c9-7-8(12)10-1-2-11-3-5-13-6-4-11;/h1-7H2,(H,10,12);1H. The van der Waals surface area contributed by atoms with Crippen molar-refractivity contribution in [1.82, 2.24) is 10.2 Å². The van der Waals surface area contributed by atoms with Gasteiger partial charge in [-0.05, 0) is 0 Å². The third kappa shape index (κ3) is 5.65. The van der Waals surface area contributed by atoms with Gasteiger partial charge in [-0.2, -0.15) is 0 Å². The first-order valence-corrected chi connectivity index (χ1v) is 4.99. The number of nitrogens with zero attached hydrogens (tertiary/aromatic N) is 1. The molecule has 0 saturated carbocycles. The molecule has 84 valence electrons. The number of carbonyl (C=O) groups excluding carboxylic acids is 1. The van der Waals surface area contributed by atoms with E-state index in [1.54, 1.807) is 0 Å². The summed E-state index contributed by atoms with van der Waals surface area (Å²) in [6.45, 7) is 5.05. The quantitative estimate of drug-likeness (QED) is 0.712. The molecule has 1 aliphatic heterocycles. The van der Waals surface area contributed by atoms with Gasteiger partial charge in [-0.1, -0.05) is 0 Å². The van der Waals surface area contributed by atoms with E-state index in [0.29, 0.717) is 6.54 Å². The summed E-state index contributed by atoms with van der Waals surface area (Å²) in [6.07, 6.45) is 0. The van der Waals surface area contributed by atoms with E-state index in [2.05, 4.69) is 10.2 Å². The Morgan fingerprint density at radius 2 is 2.07 bits per heavy atom. The number of morpholine rings is 1. The van der Waals surface area contributed by atoms with Crippen LogP contribution in [0.2, 0.25) is 0 Å². The largest absolute Gasteiger partial charge is 0.379 e. The Balaban J connectivity index is 0.00000169. The number of hydrogen-bond acceptors (Lipinski definition) is 3. The van der Waals surface area contributed by atoms with Gasteiger partial charge in [-0.3, -0.25) is 9.69 Å². The van der Waals surface area contributed by atoms with E-state index in [1.165, 1.54) is 0 Å². The lowest BCUT2D eigenvalue weighted by molar-refractivity contribution is -0.118. The van der Waals surface area contributed by atoms with Gasteiger partial charge in [-0.25, -0.2) is 0 Å². The van der Waals surface area contributed by atoms with Crippen molar-refractivity contribution in [1.29, 1.82) is 0 Å². The highest BCUT2D eigenvalue weighted by Gasteiger charge is 2.09. The van der Waals surface area contributed by atoms with E-state index in [1.807, 2.05) is 0 Å². The molecule has 1 N–H and O–H groups in total. The molecule has 1 saturated heterocycles.